The van der Waals surface area contributed by atoms with E-state index < -0.39 is 17.9 Å². The summed E-state index contributed by atoms with van der Waals surface area (Å²) in [7, 11) is 0. The van der Waals surface area contributed by atoms with Crippen molar-refractivity contribution in [2.45, 2.75) is 32.2 Å². The van der Waals surface area contributed by atoms with Crippen LogP contribution in [0.3, 0.4) is 0 Å². The highest BCUT2D eigenvalue weighted by atomic mass is 16.5. The van der Waals surface area contributed by atoms with Crippen LogP contribution < -0.4 is 5.32 Å². The van der Waals surface area contributed by atoms with Gasteiger partial charge in [-0.2, -0.15) is 0 Å². The van der Waals surface area contributed by atoms with Crippen LogP contribution in [0.2, 0.25) is 0 Å². The maximum atomic E-state index is 12.1. The zero-order chi connectivity index (χ0) is 16.1. The molecule has 0 unspecified atom stereocenters. The molecule has 1 atom stereocenters. The van der Waals surface area contributed by atoms with Crippen molar-refractivity contribution in [1.82, 2.24) is 15.5 Å². The van der Waals surface area contributed by atoms with Crippen LogP contribution in [0.25, 0.3) is 0 Å². The number of nitrogens with zero attached hydrogens (tertiary/aromatic N) is 2. The van der Waals surface area contributed by atoms with Gasteiger partial charge in [0.2, 0.25) is 0 Å². The molecule has 0 aromatic carbocycles. The minimum absolute atomic E-state index is 0.0738. The lowest BCUT2D eigenvalue weighted by atomic mass is 10.1. The molecule has 0 aliphatic heterocycles. The van der Waals surface area contributed by atoms with Gasteiger partial charge in [0, 0.05) is 30.8 Å². The van der Waals surface area contributed by atoms with Crippen molar-refractivity contribution in [3.8, 4) is 0 Å². The number of carbonyl (C=O) groups excluding carboxylic acids is 1. The number of nitrogens with one attached hydrogen (secondary N) is 1. The van der Waals surface area contributed by atoms with Gasteiger partial charge < -0.3 is 14.9 Å². The van der Waals surface area contributed by atoms with Crippen molar-refractivity contribution in [1.29, 1.82) is 0 Å². The summed E-state index contributed by atoms with van der Waals surface area (Å²) in [5.41, 5.74) is 0.843. The molecule has 7 heteroatoms. The van der Waals surface area contributed by atoms with Gasteiger partial charge in [-0.1, -0.05) is 19.0 Å². The quantitative estimate of drug-likeness (QED) is 0.840. The Hall–Kier alpha value is -2.70. The predicted molar refractivity (Wildman–Crippen MR) is 77.4 cm³/mol. The van der Waals surface area contributed by atoms with Gasteiger partial charge in [-0.05, 0) is 17.7 Å². The fourth-order valence-electron chi connectivity index (χ4n) is 1.86. The van der Waals surface area contributed by atoms with E-state index in [1.807, 2.05) is 13.8 Å². The van der Waals surface area contributed by atoms with Crippen LogP contribution in [0.4, 0.5) is 0 Å². The summed E-state index contributed by atoms with van der Waals surface area (Å²) >= 11 is 0. The third-order valence-electron chi connectivity index (χ3n) is 3.12. The lowest BCUT2D eigenvalue weighted by Gasteiger charge is -2.13. The van der Waals surface area contributed by atoms with E-state index in [0.29, 0.717) is 5.76 Å². The number of aliphatic carboxylic acids is 1. The third kappa shape index (κ3) is 3.91. The average molecular weight is 303 g/mol. The van der Waals surface area contributed by atoms with Crippen molar-refractivity contribution >= 4 is 11.9 Å². The van der Waals surface area contributed by atoms with E-state index in [1.165, 1.54) is 6.07 Å². The first-order chi connectivity index (χ1) is 10.5. The lowest BCUT2D eigenvalue weighted by Crippen LogP contribution is -2.42. The standard InChI is InChI=1S/C15H17N3O4/c1-9(2)13-8-11(18-22-13)14(19)17-12(15(20)21)7-10-3-5-16-6-4-10/h3-6,8-9,12H,7H2,1-2H3,(H,17,19)(H,20,21)/t12-/m0/s1. The molecule has 0 aliphatic carbocycles. The fraction of sp³-hybridized carbons (Fsp3) is 0.333. The number of carboxylic acid groups (broad SMARTS) is 1. The summed E-state index contributed by atoms with van der Waals surface area (Å²) in [6.45, 7) is 3.82. The van der Waals surface area contributed by atoms with Crippen molar-refractivity contribution in [3.05, 3.63) is 47.6 Å². The van der Waals surface area contributed by atoms with Gasteiger partial charge >= 0.3 is 5.97 Å². The Morgan fingerprint density at radius 1 is 1.32 bits per heavy atom. The first kappa shape index (κ1) is 15.7. The van der Waals surface area contributed by atoms with Gasteiger partial charge in [-0.3, -0.25) is 9.78 Å². The normalized spacial score (nSPS) is 12.1. The van der Waals surface area contributed by atoms with Gasteiger partial charge in [0.1, 0.15) is 11.8 Å². The maximum absolute atomic E-state index is 12.1. The zero-order valence-electron chi connectivity index (χ0n) is 12.3. The van der Waals surface area contributed by atoms with Crippen molar-refractivity contribution in [2.24, 2.45) is 0 Å². The fourth-order valence-corrected chi connectivity index (χ4v) is 1.86. The molecule has 2 rings (SSSR count). The molecule has 0 saturated heterocycles. The molecular weight excluding hydrogens is 286 g/mol. The molecule has 0 fully saturated rings. The second-order valence-corrected chi connectivity index (χ2v) is 5.19. The minimum atomic E-state index is -1.11. The Morgan fingerprint density at radius 3 is 2.55 bits per heavy atom. The van der Waals surface area contributed by atoms with Crippen molar-refractivity contribution in [2.75, 3.05) is 0 Å². The number of rotatable bonds is 6. The predicted octanol–water partition coefficient (Wildman–Crippen LogP) is 1.62. The summed E-state index contributed by atoms with van der Waals surface area (Å²) in [6.07, 6.45) is 3.31. The van der Waals surface area contributed by atoms with E-state index in [0.717, 1.165) is 5.56 Å². The van der Waals surface area contributed by atoms with Crippen LogP contribution in [-0.4, -0.2) is 33.2 Å². The van der Waals surface area contributed by atoms with Crippen LogP contribution in [0.1, 0.15) is 41.6 Å². The molecule has 0 aliphatic rings. The molecule has 1 amide bonds. The molecule has 2 N–H and O–H groups in total. The van der Waals surface area contributed by atoms with Gasteiger partial charge in [0.05, 0.1) is 0 Å². The van der Waals surface area contributed by atoms with E-state index in [4.69, 9.17) is 4.52 Å². The van der Waals surface area contributed by atoms with Crippen LogP contribution in [0.15, 0.2) is 35.1 Å². The van der Waals surface area contributed by atoms with Gasteiger partial charge in [-0.25, -0.2) is 4.79 Å². The number of carboxylic acids is 1. The van der Waals surface area contributed by atoms with Crippen molar-refractivity contribution in [3.63, 3.8) is 0 Å². The Bertz CT molecular complexity index is 652. The number of aromatic nitrogens is 2. The SMILES string of the molecule is CC(C)c1cc(C(=O)N[C@@H](Cc2ccncc2)C(=O)O)no1. The van der Waals surface area contributed by atoms with Gasteiger partial charge in [0.25, 0.3) is 5.91 Å². The van der Waals surface area contributed by atoms with Crippen molar-refractivity contribution < 1.29 is 19.2 Å². The Kier molecular flexibility index (Phi) is 4.88. The molecule has 2 aromatic rings. The Morgan fingerprint density at radius 2 is 2.00 bits per heavy atom. The average Bonchev–Trinajstić information content (AvgIpc) is 2.97. The monoisotopic (exact) mass is 303 g/mol. The summed E-state index contributed by atoms with van der Waals surface area (Å²) in [5.74, 6) is -1.01. The molecule has 0 saturated carbocycles. The smallest absolute Gasteiger partial charge is 0.326 e. The number of hydrogen-bond acceptors (Lipinski definition) is 5. The molecule has 7 nitrogen and oxygen atoms in total. The Balaban J connectivity index is 2.07. The highest BCUT2D eigenvalue weighted by molar-refractivity contribution is 5.95. The second kappa shape index (κ2) is 6.84. The van der Waals surface area contributed by atoms with Gasteiger partial charge in [0.15, 0.2) is 5.69 Å². The number of amides is 1. The van der Waals surface area contributed by atoms with Crippen LogP contribution in [0, 0.1) is 0 Å². The van der Waals surface area contributed by atoms with Crippen LogP contribution in [0.5, 0.6) is 0 Å². The number of pyridine rings is 1. The highest BCUT2D eigenvalue weighted by Gasteiger charge is 2.23. The zero-order valence-corrected chi connectivity index (χ0v) is 12.3. The molecule has 22 heavy (non-hydrogen) atoms. The van der Waals surface area contributed by atoms with Crippen LogP contribution in [-0.2, 0) is 11.2 Å². The molecule has 2 aromatic heterocycles. The minimum Gasteiger partial charge on any atom is -0.480 e. The van der Waals surface area contributed by atoms with Crippen LogP contribution >= 0.6 is 0 Å². The summed E-state index contributed by atoms with van der Waals surface area (Å²) in [6, 6.07) is 3.88. The highest BCUT2D eigenvalue weighted by Crippen LogP contribution is 2.15. The molecule has 2 heterocycles. The molecule has 0 spiro atoms. The molecule has 0 radical (unpaired) electrons. The molecular formula is C15H17N3O4. The topological polar surface area (TPSA) is 105 Å². The summed E-state index contributed by atoms with van der Waals surface area (Å²) in [4.78, 5) is 27.3. The summed E-state index contributed by atoms with van der Waals surface area (Å²) in [5, 5.41) is 15.4. The van der Waals surface area contributed by atoms with E-state index in [1.54, 1.807) is 24.5 Å². The van der Waals surface area contributed by atoms with Gasteiger partial charge in [-0.15, -0.1) is 0 Å². The number of carbonyl (C=O) groups is 2. The first-order valence-corrected chi connectivity index (χ1v) is 6.86. The third-order valence-corrected chi connectivity index (χ3v) is 3.12. The van der Waals surface area contributed by atoms with E-state index in [-0.39, 0.29) is 18.0 Å². The second-order valence-electron chi connectivity index (χ2n) is 5.19. The molecule has 116 valence electrons. The first-order valence-electron chi connectivity index (χ1n) is 6.86. The van der Waals surface area contributed by atoms with E-state index in [9.17, 15) is 14.7 Å². The van der Waals surface area contributed by atoms with E-state index in [2.05, 4.69) is 15.5 Å². The molecule has 0 bridgehead atoms. The Labute approximate surface area is 127 Å². The van der Waals surface area contributed by atoms with E-state index >= 15 is 0 Å². The number of hydrogen-bond donors (Lipinski definition) is 2. The lowest BCUT2D eigenvalue weighted by molar-refractivity contribution is -0.139. The largest absolute Gasteiger partial charge is 0.480 e. The summed E-state index contributed by atoms with van der Waals surface area (Å²) < 4.78 is 5.04. The maximum Gasteiger partial charge on any atom is 0.326 e.